The number of rotatable bonds is 2. The predicted octanol–water partition coefficient (Wildman–Crippen LogP) is 1.82. The quantitative estimate of drug-likeness (QED) is 0.589. The van der Waals surface area contributed by atoms with Gasteiger partial charge in [0, 0.05) is 13.0 Å². The van der Waals surface area contributed by atoms with E-state index < -0.39 is 10.9 Å². The van der Waals surface area contributed by atoms with Crippen LogP contribution in [-0.4, -0.2) is 16.0 Å². The van der Waals surface area contributed by atoms with Crippen LogP contribution in [0.5, 0.6) is 0 Å². The highest BCUT2D eigenvalue weighted by atomic mass is 16.6. The molecule has 78 valence electrons. The highest BCUT2D eigenvalue weighted by molar-refractivity contribution is 5.92. The van der Waals surface area contributed by atoms with Crippen molar-refractivity contribution in [3.63, 3.8) is 0 Å². The first-order valence-corrected chi connectivity index (χ1v) is 3.82. The van der Waals surface area contributed by atoms with E-state index in [4.69, 9.17) is 10.4 Å². The van der Waals surface area contributed by atoms with Crippen molar-refractivity contribution in [3.05, 3.63) is 39.9 Å². The topological polar surface area (TPSA) is 104 Å². The molecule has 0 unspecified atom stereocenters. The minimum absolute atomic E-state index is 0.289. The van der Waals surface area contributed by atoms with E-state index in [1.54, 1.807) is 6.07 Å². The normalized spacial score (nSPS) is 8.00. The number of hydrogen-bond acceptors (Lipinski definition) is 4. The molecule has 0 aliphatic carbocycles. The number of carboxylic acids is 1. The van der Waals surface area contributed by atoms with Crippen molar-refractivity contribution < 1.29 is 14.8 Å². The van der Waals surface area contributed by atoms with E-state index in [2.05, 4.69) is 0 Å². The van der Waals surface area contributed by atoms with Crippen LogP contribution in [-0.2, 0) is 0 Å². The number of nitriles is 1. The molecule has 0 amide bonds. The molecule has 0 bridgehead atoms. The van der Waals surface area contributed by atoms with Crippen molar-refractivity contribution in [2.24, 2.45) is 0 Å². The summed E-state index contributed by atoms with van der Waals surface area (Å²) >= 11 is 0. The van der Waals surface area contributed by atoms with Crippen LogP contribution < -0.4 is 0 Å². The molecule has 0 aromatic heterocycles. The third kappa shape index (κ3) is 3.87. The average molecular weight is 208 g/mol. The SMILES string of the molecule is CC#N.O=C(O)c1ccccc1[N+](=O)[O-]. The number of benzene rings is 1. The van der Waals surface area contributed by atoms with Gasteiger partial charge in [0.2, 0.25) is 0 Å². The summed E-state index contributed by atoms with van der Waals surface area (Å²) in [6.07, 6.45) is 0. The Balaban J connectivity index is 0.000000583. The maximum absolute atomic E-state index is 10.4. The van der Waals surface area contributed by atoms with Crippen LogP contribution in [0.3, 0.4) is 0 Å². The van der Waals surface area contributed by atoms with Gasteiger partial charge in [-0.25, -0.2) is 4.79 Å². The summed E-state index contributed by atoms with van der Waals surface area (Å²) in [4.78, 5) is 20.0. The third-order valence-electron chi connectivity index (χ3n) is 1.33. The van der Waals surface area contributed by atoms with Gasteiger partial charge in [0.05, 0.1) is 11.0 Å². The molecule has 0 saturated carbocycles. The Kier molecular flexibility index (Phi) is 5.11. The Morgan fingerprint density at radius 1 is 1.53 bits per heavy atom. The van der Waals surface area contributed by atoms with Crippen LogP contribution >= 0.6 is 0 Å². The van der Waals surface area contributed by atoms with Crippen LogP contribution in [0, 0.1) is 21.4 Å². The number of nitro groups is 1. The molecular formula is C9H8N2O4. The number of para-hydroxylation sites is 1. The van der Waals surface area contributed by atoms with Crippen molar-refractivity contribution in [3.8, 4) is 6.07 Å². The van der Waals surface area contributed by atoms with E-state index in [0.717, 1.165) is 6.07 Å². The zero-order valence-corrected chi connectivity index (χ0v) is 7.88. The molecule has 1 aromatic carbocycles. The second kappa shape index (κ2) is 6.10. The van der Waals surface area contributed by atoms with Gasteiger partial charge in [-0.2, -0.15) is 5.26 Å². The fourth-order valence-corrected chi connectivity index (χ4v) is 0.814. The van der Waals surface area contributed by atoms with Crippen LogP contribution in [0.2, 0.25) is 0 Å². The van der Waals surface area contributed by atoms with Crippen LogP contribution in [0.1, 0.15) is 17.3 Å². The molecule has 15 heavy (non-hydrogen) atoms. The van der Waals surface area contributed by atoms with Gasteiger partial charge in [0.25, 0.3) is 5.69 Å². The van der Waals surface area contributed by atoms with Crippen LogP contribution in [0.25, 0.3) is 0 Å². The Morgan fingerprint density at radius 3 is 2.33 bits per heavy atom. The Hall–Kier alpha value is -2.42. The monoisotopic (exact) mass is 208 g/mol. The molecule has 0 saturated heterocycles. The van der Waals surface area contributed by atoms with Crippen molar-refractivity contribution in [2.75, 3.05) is 0 Å². The standard InChI is InChI=1S/C7H5NO4.C2H3N/c9-7(10)5-3-1-2-4-6(5)8(11)12;1-2-3/h1-4H,(H,9,10);1H3. The predicted molar refractivity (Wildman–Crippen MR) is 51.3 cm³/mol. The minimum atomic E-state index is -1.29. The zero-order valence-electron chi connectivity index (χ0n) is 7.88. The second-order valence-corrected chi connectivity index (χ2v) is 2.30. The van der Waals surface area contributed by atoms with E-state index in [-0.39, 0.29) is 11.3 Å². The Labute approximate surface area is 85.5 Å². The molecule has 1 N–H and O–H groups in total. The first-order chi connectivity index (χ1) is 7.04. The van der Waals surface area contributed by atoms with E-state index in [0.29, 0.717) is 0 Å². The number of carboxylic acid groups (broad SMARTS) is 1. The van der Waals surface area contributed by atoms with E-state index >= 15 is 0 Å². The molecule has 0 atom stereocenters. The smallest absolute Gasteiger partial charge is 0.342 e. The molecular weight excluding hydrogens is 200 g/mol. The van der Waals surface area contributed by atoms with E-state index in [9.17, 15) is 14.9 Å². The van der Waals surface area contributed by atoms with Crippen molar-refractivity contribution in [1.82, 2.24) is 0 Å². The summed E-state index contributed by atoms with van der Waals surface area (Å²) in [5.74, 6) is -1.29. The van der Waals surface area contributed by atoms with E-state index in [1.165, 1.54) is 25.1 Å². The summed E-state index contributed by atoms with van der Waals surface area (Å²) in [6, 6.07) is 6.96. The number of hydrogen-bond donors (Lipinski definition) is 1. The summed E-state index contributed by atoms with van der Waals surface area (Å²) in [5, 5.41) is 26.1. The van der Waals surface area contributed by atoms with Gasteiger partial charge >= 0.3 is 5.97 Å². The van der Waals surface area contributed by atoms with Gasteiger partial charge in [-0.1, -0.05) is 12.1 Å². The number of nitrogens with zero attached hydrogens (tertiary/aromatic N) is 2. The lowest BCUT2D eigenvalue weighted by atomic mass is 10.2. The lowest BCUT2D eigenvalue weighted by molar-refractivity contribution is -0.385. The van der Waals surface area contributed by atoms with Crippen LogP contribution in [0.4, 0.5) is 5.69 Å². The first-order valence-electron chi connectivity index (χ1n) is 3.82. The van der Waals surface area contributed by atoms with E-state index in [1.807, 2.05) is 0 Å². The third-order valence-corrected chi connectivity index (χ3v) is 1.33. The molecule has 6 heteroatoms. The maximum atomic E-state index is 10.4. The molecule has 0 fully saturated rings. The highest BCUT2D eigenvalue weighted by Crippen LogP contribution is 2.16. The highest BCUT2D eigenvalue weighted by Gasteiger charge is 2.17. The average Bonchev–Trinajstić information content (AvgIpc) is 2.19. The Morgan fingerprint density at radius 2 is 2.00 bits per heavy atom. The van der Waals surface area contributed by atoms with Gasteiger partial charge in [-0.15, -0.1) is 0 Å². The molecule has 6 nitrogen and oxygen atoms in total. The van der Waals surface area contributed by atoms with Crippen LogP contribution in [0.15, 0.2) is 24.3 Å². The van der Waals surface area contributed by atoms with Gasteiger partial charge in [-0.3, -0.25) is 10.1 Å². The van der Waals surface area contributed by atoms with Gasteiger partial charge in [-0.05, 0) is 6.07 Å². The fraction of sp³-hybridized carbons (Fsp3) is 0.111. The van der Waals surface area contributed by atoms with Gasteiger partial charge < -0.3 is 5.11 Å². The summed E-state index contributed by atoms with van der Waals surface area (Å²) in [5.41, 5.74) is -0.674. The summed E-state index contributed by atoms with van der Waals surface area (Å²) in [7, 11) is 0. The molecule has 0 aliphatic heterocycles. The lowest BCUT2D eigenvalue weighted by Gasteiger charge is -1.94. The molecule has 1 rings (SSSR count). The van der Waals surface area contributed by atoms with Crippen molar-refractivity contribution in [2.45, 2.75) is 6.92 Å². The molecule has 1 aromatic rings. The lowest BCUT2D eigenvalue weighted by Crippen LogP contribution is -2.01. The summed E-state index contributed by atoms with van der Waals surface area (Å²) in [6.45, 7) is 1.43. The second-order valence-electron chi connectivity index (χ2n) is 2.30. The maximum Gasteiger partial charge on any atom is 0.342 e. The first kappa shape index (κ1) is 12.6. The van der Waals surface area contributed by atoms with Gasteiger partial charge in [0.1, 0.15) is 5.56 Å². The zero-order chi connectivity index (χ0) is 11.8. The largest absolute Gasteiger partial charge is 0.477 e. The molecule has 0 spiro atoms. The van der Waals surface area contributed by atoms with Gasteiger partial charge in [0.15, 0.2) is 0 Å². The fourth-order valence-electron chi connectivity index (χ4n) is 0.814. The molecule has 0 radical (unpaired) electrons. The minimum Gasteiger partial charge on any atom is -0.477 e. The number of nitro benzene ring substituents is 1. The molecule has 0 aliphatic rings. The van der Waals surface area contributed by atoms with Crippen molar-refractivity contribution >= 4 is 11.7 Å². The number of aromatic carboxylic acids is 1. The number of carbonyl (C=O) groups is 1. The molecule has 0 heterocycles. The summed E-state index contributed by atoms with van der Waals surface area (Å²) < 4.78 is 0. The van der Waals surface area contributed by atoms with Crippen molar-refractivity contribution in [1.29, 1.82) is 5.26 Å². The Bertz CT molecular complexity index is 376.